The molecule has 0 aliphatic carbocycles. The molecule has 13 heavy (non-hydrogen) atoms. The molecule has 0 fully saturated rings. The average Bonchev–Trinajstić information content (AvgIpc) is 2.44. The highest BCUT2D eigenvalue weighted by atomic mass is 16.4. The van der Waals surface area contributed by atoms with Crippen LogP contribution in [0, 0.1) is 11.3 Å². The molecule has 0 saturated heterocycles. The second-order valence-electron chi connectivity index (χ2n) is 2.44. The Bertz CT molecular complexity index is 532. The van der Waals surface area contributed by atoms with Gasteiger partial charge in [0.25, 0.3) is 0 Å². The molecule has 5 heteroatoms. The van der Waals surface area contributed by atoms with E-state index in [1.165, 1.54) is 4.57 Å². The predicted molar refractivity (Wildman–Crippen MR) is 43.9 cm³/mol. The summed E-state index contributed by atoms with van der Waals surface area (Å²) in [5.74, 6) is -0.546. The number of hydrogen-bond acceptors (Lipinski definition) is 4. The summed E-state index contributed by atoms with van der Waals surface area (Å²) in [4.78, 5) is 15.1. The minimum Gasteiger partial charge on any atom is -0.406 e. The van der Waals surface area contributed by atoms with Crippen LogP contribution in [0.5, 0.6) is 0 Å². The Kier molecular flexibility index (Phi) is 1.60. The lowest BCUT2D eigenvalue weighted by molar-refractivity contribution is 0.521. The largest absolute Gasteiger partial charge is 0.422 e. The van der Waals surface area contributed by atoms with Crippen molar-refractivity contribution in [2.24, 2.45) is 0 Å². The van der Waals surface area contributed by atoms with E-state index in [9.17, 15) is 4.79 Å². The topological polar surface area (TPSA) is 71.8 Å². The van der Waals surface area contributed by atoms with Gasteiger partial charge in [0, 0.05) is 6.20 Å². The maximum atomic E-state index is 11.1. The molecule has 0 saturated carbocycles. The minimum atomic E-state index is -0.546. The number of nitriles is 1. The summed E-state index contributed by atoms with van der Waals surface area (Å²) in [7, 11) is 0. The first-order valence-electron chi connectivity index (χ1n) is 3.64. The molecule has 5 nitrogen and oxygen atoms in total. The van der Waals surface area contributed by atoms with Gasteiger partial charge in [0.05, 0.1) is 6.07 Å². The fourth-order valence-corrected chi connectivity index (χ4v) is 1.11. The van der Waals surface area contributed by atoms with Gasteiger partial charge in [-0.3, -0.25) is 0 Å². The van der Waals surface area contributed by atoms with Gasteiger partial charge in [-0.05, 0) is 12.1 Å². The second kappa shape index (κ2) is 2.75. The molecule has 0 amide bonds. The van der Waals surface area contributed by atoms with Gasteiger partial charge in [0.1, 0.15) is 6.54 Å². The van der Waals surface area contributed by atoms with Crippen LogP contribution in [0.3, 0.4) is 0 Å². The fourth-order valence-electron chi connectivity index (χ4n) is 1.11. The Balaban J connectivity index is 2.80. The molecule has 0 atom stereocenters. The van der Waals surface area contributed by atoms with Crippen LogP contribution in [0.15, 0.2) is 27.5 Å². The number of pyridine rings is 1. The lowest BCUT2D eigenvalue weighted by atomic mass is 10.4. The normalized spacial score (nSPS) is 10.1. The van der Waals surface area contributed by atoms with E-state index in [2.05, 4.69) is 4.98 Å². The summed E-state index contributed by atoms with van der Waals surface area (Å²) in [6, 6.07) is 5.17. The molecule has 2 aromatic rings. The summed E-state index contributed by atoms with van der Waals surface area (Å²) in [6.07, 6.45) is 1.55. The van der Waals surface area contributed by atoms with Gasteiger partial charge in [-0.25, -0.2) is 14.3 Å². The van der Waals surface area contributed by atoms with Gasteiger partial charge in [-0.1, -0.05) is 0 Å². The summed E-state index contributed by atoms with van der Waals surface area (Å²) in [5.41, 5.74) is 0.816. The SMILES string of the molecule is N#CCn1c(=O)oc2cccnc21. The maximum Gasteiger partial charge on any atom is 0.422 e. The van der Waals surface area contributed by atoms with Crippen LogP contribution in [-0.4, -0.2) is 9.55 Å². The molecule has 2 aromatic heterocycles. The van der Waals surface area contributed by atoms with Gasteiger partial charge in [-0.15, -0.1) is 0 Å². The number of rotatable bonds is 1. The zero-order chi connectivity index (χ0) is 9.26. The van der Waals surface area contributed by atoms with Gasteiger partial charge >= 0.3 is 5.76 Å². The zero-order valence-corrected chi connectivity index (χ0v) is 6.60. The predicted octanol–water partition coefficient (Wildman–Crippen LogP) is 0.513. The van der Waals surface area contributed by atoms with Gasteiger partial charge in [-0.2, -0.15) is 5.26 Å². The lowest BCUT2D eigenvalue weighted by Crippen LogP contribution is -2.13. The summed E-state index contributed by atoms with van der Waals surface area (Å²) < 4.78 is 6.04. The Labute approximate surface area is 72.8 Å². The van der Waals surface area contributed by atoms with E-state index in [1.807, 2.05) is 6.07 Å². The molecular weight excluding hydrogens is 170 g/mol. The van der Waals surface area contributed by atoms with Crippen LogP contribution in [0.1, 0.15) is 0 Å². The van der Waals surface area contributed by atoms with E-state index < -0.39 is 5.76 Å². The highest BCUT2D eigenvalue weighted by molar-refractivity contribution is 5.67. The standard InChI is InChI=1S/C8H5N3O2/c9-3-5-11-7-6(13-8(11)12)2-1-4-10-7/h1-2,4H,5H2. The molecule has 0 N–H and O–H groups in total. The first kappa shape index (κ1) is 7.55. The second-order valence-corrected chi connectivity index (χ2v) is 2.44. The Morgan fingerprint density at radius 1 is 1.69 bits per heavy atom. The Morgan fingerprint density at radius 3 is 3.31 bits per heavy atom. The third-order valence-electron chi connectivity index (χ3n) is 1.65. The van der Waals surface area contributed by atoms with E-state index in [-0.39, 0.29) is 6.54 Å². The molecule has 0 unspecified atom stereocenters. The van der Waals surface area contributed by atoms with Crippen molar-refractivity contribution < 1.29 is 4.42 Å². The molecule has 0 aromatic carbocycles. The van der Waals surface area contributed by atoms with Crippen molar-refractivity contribution in [1.82, 2.24) is 9.55 Å². The van der Waals surface area contributed by atoms with E-state index in [1.54, 1.807) is 18.3 Å². The van der Waals surface area contributed by atoms with E-state index in [4.69, 9.17) is 9.68 Å². The van der Waals surface area contributed by atoms with E-state index in [0.717, 1.165) is 0 Å². The summed E-state index contributed by atoms with van der Waals surface area (Å²) >= 11 is 0. The van der Waals surface area contributed by atoms with Crippen molar-refractivity contribution in [3.8, 4) is 6.07 Å². The molecule has 0 radical (unpaired) electrons. The number of nitrogens with zero attached hydrogens (tertiary/aromatic N) is 3. The molecule has 2 rings (SSSR count). The molecule has 0 aliphatic heterocycles. The Hall–Kier alpha value is -2.09. The first-order valence-corrected chi connectivity index (χ1v) is 3.64. The van der Waals surface area contributed by atoms with E-state index in [0.29, 0.717) is 11.2 Å². The van der Waals surface area contributed by atoms with Crippen LogP contribution in [0.2, 0.25) is 0 Å². The molecule has 2 heterocycles. The lowest BCUT2D eigenvalue weighted by Gasteiger charge is -1.90. The van der Waals surface area contributed by atoms with Gasteiger partial charge in [0.2, 0.25) is 0 Å². The third-order valence-corrected chi connectivity index (χ3v) is 1.65. The van der Waals surface area contributed by atoms with Crippen molar-refractivity contribution in [1.29, 1.82) is 5.26 Å². The van der Waals surface area contributed by atoms with Crippen LogP contribution < -0.4 is 5.76 Å². The van der Waals surface area contributed by atoms with Gasteiger partial charge in [0.15, 0.2) is 11.2 Å². The highest BCUT2D eigenvalue weighted by Crippen LogP contribution is 2.07. The number of aromatic nitrogens is 2. The van der Waals surface area contributed by atoms with Crippen molar-refractivity contribution >= 4 is 11.2 Å². The summed E-state index contributed by atoms with van der Waals surface area (Å²) in [5, 5.41) is 8.44. The number of oxazole rings is 1. The average molecular weight is 175 g/mol. The van der Waals surface area contributed by atoms with Crippen LogP contribution in [0.25, 0.3) is 11.2 Å². The zero-order valence-electron chi connectivity index (χ0n) is 6.60. The smallest absolute Gasteiger partial charge is 0.406 e. The number of fused-ring (bicyclic) bond motifs is 1. The number of hydrogen-bond donors (Lipinski definition) is 0. The van der Waals surface area contributed by atoms with Crippen molar-refractivity contribution in [2.75, 3.05) is 0 Å². The molecule has 0 bridgehead atoms. The van der Waals surface area contributed by atoms with Crippen LogP contribution >= 0.6 is 0 Å². The fraction of sp³-hybridized carbons (Fsp3) is 0.125. The van der Waals surface area contributed by atoms with Gasteiger partial charge < -0.3 is 4.42 Å². The maximum absolute atomic E-state index is 11.1. The quantitative estimate of drug-likeness (QED) is 0.633. The van der Waals surface area contributed by atoms with E-state index >= 15 is 0 Å². The van der Waals surface area contributed by atoms with Crippen LogP contribution in [0.4, 0.5) is 0 Å². The van der Waals surface area contributed by atoms with Crippen molar-refractivity contribution in [3.63, 3.8) is 0 Å². The molecular formula is C8H5N3O2. The minimum absolute atomic E-state index is 0.0388. The monoisotopic (exact) mass is 175 g/mol. The van der Waals surface area contributed by atoms with Crippen molar-refractivity contribution in [2.45, 2.75) is 6.54 Å². The highest BCUT2D eigenvalue weighted by Gasteiger charge is 2.07. The molecule has 0 aliphatic rings. The van der Waals surface area contributed by atoms with Crippen LogP contribution in [-0.2, 0) is 6.54 Å². The Morgan fingerprint density at radius 2 is 2.54 bits per heavy atom. The van der Waals surface area contributed by atoms with Crippen molar-refractivity contribution in [3.05, 3.63) is 28.9 Å². The first-order chi connectivity index (χ1) is 6.33. The molecule has 64 valence electrons. The summed E-state index contributed by atoms with van der Waals surface area (Å²) in [6.45, 7) is -0.0388. The third kappa shape index (κ3) is 1.08. The molecule has 0 spiro atoms.